The third-order valence-corrected chi connectivity index (χ3v) is 5.91. The number of rotatable bonds is 9. The van der Waals surface area contributed by atoms with E-state index in [0.717, 1.165) is 16.5 Å². The molecule has 0 aliphatic carbocycles. The van der Waals surface area contributed by atoms with Crippen LogP contribution in [0.1, 0.15) is 16.7 Å². The summed E-state index contributed by atoms with van der Waals surface area (Å²) in [4.78, 5) is 30.8. The highest BCUT2D eigenvalue weighted by Gasteiger charge is 2.19. The minimum absolute atomic E-state index is 0.0955. The van der Waals surface area contributed by atoms with Crippen LogP contribution in [0.3, 0.4) is 0 Å². The molecule has 8 heteroatoms. The molecule has 8 nitrogen and oxygen atoms in total. The summed E-state index contributed by atoms with van der Waals surface area (Å²) in [7, 11) is 4.69. The molecule has 0 fully saturated rings. The first-order valence-electron chi connectivity index (χ1n) is 11.5. The lowest BCUT2D eigenvalue weighted by Crippen LogP contribution is -2.40. The fourth-order valence-electron chi connectivity index (χ4n) is 4.03. The van der Waals surface area contributed by atoms with Crippen LogP contribution >= 0.6 is 0 Å². The van der Waals surface area contributed by atoms with Gasteiger partial charge in [0.2, 0.25) is 0 Å². The lowest BCUT2D eigenvalue weighted by molar-refractivity contribution is 0.191. The Balaban J connectivity index is 1.66. The van der Waals surface area contributed by atoms with Gasteiger partial charge in [-0.1, -0.05) is 48.5 Å². The van der Waals surface area contributed by atoms with Gasteiger partial charge in [-0.15, -0.1) is 0 Å². The van der Waals surface area contributed by atoms with Gasteiger partial charge in [0.25, 0.3) is 5.56 Å². The van der Waals surface area contributed by atoms with Crippen LogP contribution in [0, 0.1) is 0 Å². The summed E-state index contributed by atoms with van der Waals surface area (Å²) in [5, 5.41) is 3.73. The van der Waals surface area contributed by atoms with Crippen molar-refractivity contribution < 1.29 is 19.0 Å². The number of benzene rings is 3. The van der Waals surface area contributed by atoms with Crippen LogP contribution in [0.5, 0.6) is 17.2 Å². The summed E-state index contributed by atoms with van der Waals surface area (Å²) >= 11 is 0. The number of ether oxygens (including phenoxy) is 3. The number of carbonyl (C=O) groups is 1. The van der Waals surface area contributed by atoms with E-state index in [4.69, 9.17) is 14.2 Å². The van der Waals surface area contributed by atoms with Crippen LogP contribution in [0.4, 0.5) is 4.79 Å². The molecule has 0 saturated carbocycles. The number of aromatic amines is 1. The van der Waals surface area contributed by atoms with E-state index in [1.165, 1.54) is 0 Å². The molecule has 2 amide bonds. The number of para-hydroxylation sites is 1. The Morgan fingerprint density at radius 2 is 1.44 bits per heavy atom. The zero-order valence-electron chi connectivity index (χ0n) is 20.5. The molecule has 0 unspecified atom stereocenters. The lowest BCUT2D eigenvalue weighted by Gasteiger charge is -2.24. The Labute approximate surface area is 209 Å². The number of methoxy groups -OCH3 is 3. The first kappa shape index (κ1) is 24.7. The van der Waals surface area contributed by atoms with E-state index in [1.54, 1.807) is 44.4 Å². The molecule has 0 atom stereocenters. The Bertz CT molecular complexity index is 1400. The van der Waals surface area contributed by atoms with Crippen molar-refractivity contribution in [1.29, 1.82) is 0 Å². The number of fused-ring (bicyclic) bond motifs is 1. The van der Waals surface area contributed by atoms with Gasteiger partial charge >= 0.3 is 6.03 Å². The van der Waals surface area contributed by atoms with Gasteiger partial charge in [0, 0.05) is 29.1 Å². The smallest absolute Gasteiger partial charge is 0.318 e. The van der Waals surface area contributed by atoms with E-state index in [9.17, 15) is 9.59 Å². The van der Waals surface area contributed by atoms with Crippen molar-refractivity contribution in [1.82, 2.24) is 15.2 Å². The Hall–Kier alpha value is -4.46. The fourth-order valence-corrected chi connectivity index (χ4v) is 4.03. The standard InChI is InChI=1S/C28H29N3O5/c1-34-24-12-8-7-11-20(24)17-31(28(33)29-16-19-9-5-4-6-10-19)18-22-13-21-14-25(35-2)26(36-3)15-23(21)30-27(22)32/h4-15H,16-18H2,1-3H3,(H,29,33)(H,30,32). The average molecular weight is 488 g/mol. The summed E-state index contributed by atoms with van der Waals surface area (Å²) < 4.78 is 16.2. The second-order valence-corrected chi connectivity index (χ2v) is 8.23. The second kappa shape index (κ2) is 11.3. The minimum atomic E-state index is -0.295. The topological polar surface area (TPSA) is 92.9 Å². The number of pyridine rings is 1. The maximum atomic E-state index is 13.3. The van der Waals surface area contributed by atoms with E-state index in [1.807, 2.05) is 54.6 Å². The van der Waals surface area contributed by atoms with Crippen molar-refractivity contribution in [3.63, 3.8) is 0 Å². The van der Waals surface area contributed by atoms with Gasteiger partial charge in [0.15, 0.2) is 11.5 Å². The van der Waals surface area contributed by atoms with Crippen LogP contribution < -0.4 is 25.1 Å². The van der Waals surface area contributed by atoms with Gasteiger partial charge < -0.3 is 29.4 Å². The molecule has 1 heterocycles. The molecule has 0 spiro atoms. The highest BCUT2D eigenvalue weighted by Crippen LogP contribution is 2.31. The Morgan fingerprint density at radius 1 is 0.806 bits per heavy atom. The summed E-state index contributed by atoms with van der Waals surface area (Å²) in [5.74, 6) is 1.74. The number of hydrogen-bond donors (Lipinski definition) is 2. The summed E-state index contributed by atoms with van der Waals surface area (Å²) in [5.41, 5.74) is 2.59. The monoisotopic (exact) mass is 487 g/mol. The number of H-pyrrole nitrogens is 1. The number of amides is 2. The van der Waals surface area contributed by atoms with Crippen molar-refractivity contribution in [3.05, 3.63) is 99.8 Å². The summed E-state index contributed by atoms with van der Waals surface area (Å²) in [6, 6.07) is 22.2. The molecule has 3 aromatic carbocycles. The number of aromatic nitrogens is 1. The van der Waals surface area contributed by atoms with E-state index in [0.29, 0.717) is 34.9 Å². The second-order valence-electron chi connectivity index (χ2n) is 8.23. The molecule has 0 radical (unpaired) electrons. The quantitative estimate of drug-likeness (QED) is 0.364. The average Bonchev–Trinajstić information content (AvgIpc) is 2.91. The van der Waals surface area contributed by atoms with E-state index >= 15 is 0 Å². The van der Waals surface area contributed by atoms with Gasteiger partial charge in [-0.3, -0.25) is 4.79 Å². The highest BCUT2D eigenvalue weighted by molar-refractivity contribution is 5.83. The fraction of sp³-hybridized carbons (Fsp3) is 0.214. The lowest BCUT2D eigenvalue weighted by atomic mass is 10.1. The molecule has 0 bridgehead atoms. The zero-order chi connectivity index (χ0) is 25.5. The molecule has 2 N–H and O–H groups in total. The largest absolute Gasteiger partial charge is 0.496 e. The van der Waals surface area contributed by atoms with Crippen molar-refractivity contribution in [2.24, 2.45) is 0 Å². The normalized spacial score (nSPS) is 10.6. The molecule has 4 aromatic rings. The van der Waals surface area contributed by atoms with Crippen LogP contribution in [-0.2, 0) is 19.6 Å². The number of urea groups is 1. The maximum Gasteiger partial charge on any atom is 0.318 e. The third-order valence-electron chi connectivity index (χ3n) is 5.91. The summed E-state index contributed by atoms with van der Waals surface area (Å²) in [6.45, 7) is 0.722. The van der Waals surface area contributed by atoms with Crippen molar-refractivity contribution >= 4 is 16.9 Å². The van der Waals surface area contributed by atoms with Gasteiger partial charge in [-0.2, -0.15) is 0 Å². The molecule has 4 rings (SSSR count). The van der Waals surface area contributed by atoms with E-state index in [2.05, 4.69) is 10.3 Å². The first-order chi connectivity index (χ1) is 17.5. The molecule has 36 heavy (non-hydrogen) atoms. The van der Waals surface area contributed by atoms with Crippen LogP contribution in [0.25, 0.3) is 10.9 Å². The highest BCUT2D eigenvalue weighted by atomic mass is 16.5. The number of nitrogens with zero attached hydrogens (tertiary/aromatic N) is 1. The number of hydrogen-bond acceptors (Lipinski definition) is 5. The molecule has 0 saturated heterocycles. The van der Waals surface area contributed by atoms with Gasteiger partial charge in [0.1, 0.15) is 5.75 Å². The van der Waals surface area contributed by atoms with Gasteiger partial charge in [-0.25, -0.2) is 4.79 Å². The van der Waals surface area contributed by atoms with Crippen molar-refractivity contribution in [2.75, 3.05) is 21.3 Å². The molecule has 1 aromatic heterocycles. The molecule has 0 aliphatic heterocycles. The first-order valence-corrected chi connectivity index (χ1v) is 11.5. The molecule has 0 aliphatic rings. The van der Waals surface area contributed by atoms with Crippen molar-refractivity contribution in [3.8, 4) is 17.2 Å². The third kappa shape index (κ3) is 5.60. The van der Waals surface area contributed by atoms with Crippen LogP contribution in [-0.4, -0.2) is 37.2 Å². The predicted octanol–water partition coefficient (Wildman–Crippen LogP) is 4.47. The van der Waals surface area contributed by atoms with Crippen molar-refractivity contribution in [2.45, 2.75) is 19.6 Å². The van der Waals surface area contributed by atoms with E-state index < -0.39 is 0 Å². The molecule has 186 valence electrons. The predicted molar refractivity (Wildman–Crippen MR) is 139 cm³/mol. The SMILES string of the molecule is COc1ccccc1CN(Cc1cc2cc(OC)c(OC)cc2[nH]c1=O)C(=O)NCc1ccccc1. The van der Waals surface area contributed by atoms with Gasteiger partial charge in [0.05, 0.1) is 39.9 Å². The zero-order valence-corrected chi connectivity index (χ0v) is 20.5. The Morgan fingerprint density at radius 3 is 2.17 bits per heavy atom. The number of nitrogens with one attached hydrogen (secondary N) is 2. The van der Waals surface area contributed by atoms with Crippen LogP contribution in [0.15, 0.2) is 77.6 Å². The molecular formula is C28H29N3O5. The minimum Gasteiger partial charge on any atom is -0.496 e. The van der Waals surface area contributed by atoms with Crippen LogP contribution in [0.2, 0.25) is 0 Å². The van der Waals surface area contributed by atoms with Gasteiger partial charge in [-0.05, 0) is 23.8 Å². The summed E-state index contributed by atoms with van der Waals surface area (Å²) in [6.07, 6.45) is 0. The molecular weight excluding hydrogens is 458 g/mol. The number of carbonyl (C=O) groups excluding carboxylic acids is 1. The maximum absolute atomic E-state index is 13.3. The van der Waals surface area contributed by atoms with E-state index in [-0.39, 0.29) is 24.7 Å². The Kier molecular flexibility index (Phi) is 7.75.